The minimum atomic E-state index is -0.478. The van der Waals surface area contributed by atoms with Crippen molar-refractivity contribution < 1.29 is 13.6 Å². The SMILES string of the molecule is O=C1CCCCCC1c1cc(F)ccc1F. The lowest BCUT2D eigenvalue weighted by Crippen LogP contribution is -2.12. The molecule has 16 heavy (non-hydrogen) atoms. The van der Waals surface area contributed by atoms with Gasteiger partial charge in [0.2, 0.25) is 0 Å². The molecule has 1 aliphatic carbocycles. The number of carbonyl (C=O) groups is 1. The monoisotopic (exact) mass is 224 g/mol. The summed E-state index contributed by atoms with van der Waals surface area (Å²) in [6.45, 7) is 0. The number of benzene rings is 1. The molecule has 0 bridgehead atoms. The number of halogens is 2. The van der Waals surface area contributed by atoms with Gasteiger partial charge in [-0.05, 0) is 31.0 Å². The first-order chi connectivity index (χ1) is 7.68. The summed E-state index contributed by atoms with van der Waals surface area (Å²) in [6.07, 6.45) is 3.90. The van der Waals surface area contributed by atoms with Crippen LogP contribution in [0.5, 0.6) is 0 Å². The molecule has 0 amide bonds. The maximum absolute atomic E-state index is 13.5. The lowest BCUT2D eigenvalue weighted by molar-refractivity contribution is -0.120. The fourth-order valence-corrected chi connectivity index (χ4v) is 2.27. The molecule has 1 aromatic carbocycles. The summed E-state index contributed by atoms with van der Waals surface area (Å²) in [5.74, 6) is -1.35. The van der Waals surface area contributed by atoms with E-state index in [1.54, 1.807) is 0 Å². The topological polar surface area (TPSA) is 17.1 Å². The van der Waals surface area contributed by atoms with Crippen LogP contribution in [0.15, 0.2) is 18.2 Å². The van der Waals surface area contributed by atoms with Crippen molar-refractivity contribution in [2.45, 2.75) is 38.0 Å². The van der Waals surface area contributed by atoms with Gasteiger partial charge >= 0.3 is 0 Å². The maximum atomic E-state index is 13.5. The first kappa shape index (κ1) is 11.2. The molecule has 0 aromatic heterocycles. The van der Waals surface area contributed by atoms with E-state index in [1.807, 2.05) is 0 Å². The quantitative estimate of drug-likeness (QED) is 0.666. The lowest BCUT2D eigenvalue weighted by atomic mass is 9.90. The van der Waals surface area contributed by atoms with Gasteiger partial charge in [-0.15, -0.1) is 0 Å². The van der Waals surface area contributed by atoms with Gasteiger partial charge in [-0.3, -0.25) is 4.79 Å². The number of ketones is 1. The van der Waals surface area contributed by atoms with Crippen LogP contribution in [-0.2, 0) is 4.79 Å². The minimum absolute atomic E-state index is 0.0435. The zero-order valence-electron chi connectivity index (χ0n) is 9.01. The van der Waals surface area contributed by atoms with Crippen LogP contribution in [0.1, 0.15) is 43.6 Å². The number of carbonyl (C=O) groups excluding carboxylic acids is 1. The Bertz CT molecular complexity index is 401. The number of Topliss-reactive ketones (excluding diaryl/α,β-unsaturated/α-hetero) is 1. The van der Waals surface area contributed by atoms with E-state index < -0.39 is 17.6 Å². The Morgan fingerprint density at radius 3 is 2.75 bits per heavy atom. The molecular weight excluding hydrogens is 210 g/mol. The largest absolute Gasteiger partial charge is 0.299 e. The molecule has 1 saturated carbocycles. The molecule has 1 fully saturated rings. The number of rotatable bonds is 1. The Labute approximate surface area is 93.5 Å². The summed E-state index contributed by atoms with van der Waals surface area (Å²) in [5.41, 5.74) is 0.229. The summed E-state index contributed by atoms with van der Waals surface area (Å²) >= 11 is 0. The van der Waals surface area contributed by atoms with Gasteiger partial charge < -0.3 is 0 Å². The normalized spacial score (nSPS) is 21.9. The van der Waals surface area contributed by atoms with Gasteiger partial charge in [-0.2, -0.15) is 0 Å². The summed E-state index contributed by atoms with van der Waals surface area (Å²) in [4.78, 5) is 11.8. The molecule has 3 heteroatoms. The predicted octanol–water partition coefficient (Wildman–Crippen LogP) is 3.58. The Morgan fingerprint density at radius 2 is 1.94 bits per heavy atom. The minimum Gasteiger partial charge on any atom is -0.299 e. The Kier molecular flexibility index (Phi) is 3.32. The van der Waals surface area contributed by atoms with Crippen molar-refractivity contribution in [2.24, 2.45) is 0 Å². The van der Waals surface area contributed by atoms with Crippen LogP contribution in [0.3, 0.4) is 0 Å². The third-order valence-electron chi connectivity index (χ3n) is 3.14. The van der Waals surface area contributed by atoms with E-state index in [0.29, 0.717) is 12.8 Å². The van der Waals surface area contributed by atoms with Crippen LogP contribution in [0.2, 0.25) is 0 Å². The lowest BCUT2D eigenvalue weighted by Gasteiger charge is -2.14. The highest BCUT2D eigenvalue weighted by atomic mass is 19.1. The second kappa shape index (κ2) is 4.73. The van der Waals surface area contributed by atoms with Crippen molar-refractivity contribution in [2.75, 3.05) is 0 Å². The van der Waals surface area contributed by atoms with Gasteiger partial charge in [0.05, 0.1) is 0 Å². The molecule has 86 valence electrons. The van der Waals surface area contributed by atoms with Crippen LogP contribution in [0, 0.1) is 11.6 Å². The summed E-state index contributed by atoms with van der Waals surface area (Å²) < 4.78 is 26.6. The average Bonchev–Trinajstić information content (AvgIpc) is 2.47. The molecule has 0 aliphatic heterocycles. The van der Waals surface area contributed by atoms with E-state index >= 15 is 0 Å². The highest BCUT2D eigenvalue weighted by Gasteiger charge is 2.25. The molecule has 2 rings (SSSR count). The van der Waals surface area contributed by atoms with E-state index in [2.05, 4.69) is 0 Å². The zero-order chi connectivity index (χ0) is 11.5. The molecule has 1 aliphatic rings. The van der Waals surface area contributed by atoms with Gasteiger partial charge in [-0.25, -0.2) is 8.78 Å². The fourth-order valence-electron chi connectivity index (χ4n) is 2.27. The second-order valence-electron chi connectivity index (χ2n) is 4.28. The van der Waals surface area contributed by atoms with Crippen LogP contribution < -0.4 is 0 Å². The molecular formula is C13H14F2O. The van der Waals surface area contributed by atoms with E-state index in [-0.39, 0.29) is 11.3 Å². The van der Waals surface area contributed by atoms with Crippen molar-refractivity contribution in [3.8, 4) is 0 Å². The molecule has 0 radical (unpaired) electrons. The summed E-state index contributed by atoms with van der Waals surface area (Å²) in [5, 5.41) is 0. The smallest absolute Gasteiger partial charge is 0.140 e. The van der Waals surface area contributed by atoms with E-state index in [4.69, 9.17) is 0 Å². The van der Waals surface area contributed by atoms with Gasteiger partial charge in [0.15, 0.2) is 0 Å². The Hall–Kier alpha value is -1.25. The Balaban J connectivity index is 2.33. The zero-order valence-corrected chi connectivity index (χ0v) is 9.01. The third-order valence-corrected chi connectivity index (χ3v) is 3.14. The molecule has 1 aromatic rings. The van der Waals surface area contributed by atoms with Gasteiger partial charge in [0, 0.05) is 17.9 Å². The Morgan fingerprint density at radius 1 is 1.12 bits per heavy atom. The molecule has 0 heterocycles. The third kappa shape index (κ3) is 2.29. The van der Waals surface area contributed by atoms with Gasteiger partial charge in [0.1, 0.15) is 17.4 Å². The van der Waals surface area contributed by atoms with Crippen molar-refractivity contribution >= 4 is 5.78 Å². The maximum Gasteiger partial charge on any atom is 0.140 e. The molecule has 1 unspecified atom stereocenters. The molecule has 0 spiro atoms. The standard InChI is InChI=1S/C13H14F2O/c14-9-6-7-12(15)11(8-9)10-4-2-1-3-5-13(10)16/h6-8,10H,1-5H2. The number of hydrogen-bond donors (Lipinski definition) is 0. The first-order valence-electron chi connectivity index (χ1n) is 5.66. The van der Waals surface area contributed by atoms with Crippen LogP contribution in [0.4, 0.5) is 8.78 Å². The van der Waals surface area contributed by atoms with E-state index in [9.17, 15) is 13.6 Å². The second-order valence-corrected chi connectivity index (χ2v) is 4.28. The number of hydrogen-bond acceptors (Lipinski definition) is 1. The summed E-state index contributed by atoms with van der Waals surface area (Å²) in [6, 6.07) is 3.34. The highest BCUT2D eigenvalue weighted by Crippen LogP contribution is 2.30. The van der Waals surface area contributed by atoms with Crippen molar-refractivity contribution in [1.29, 1.82) is 0 Å². The van der Waals surface area contributed by atoms with Crippen molar-refractivity contribution in [1.82, 2.24) is 0 Å². The molecule has 0 saturated heterocycles. The fraction of sp³-hybridized carbons (Fsp3) is 0.462. The van der Waals surface area contributed by atoms with Crippen molar-refractivity contribution in [3.05, 3.63) is 35.4 Å². The van der Waals surface area contributed by atoms with E-state index in [1.165, 1.54) is 0 Å². The highest BCUT2D eigenvalue weighted by molar-refractivity contribution is 5.85. The molecule has 1 atom stereocenters. The van der Waals surface area contributed by atoms with Crippen LogP contribution in [-0.4, -0.2) is 5.78 Å². The predicted molar refractivity (Wildman–Crippen MR) is 57.2 cm³/mol. The first-order valence-corrected chi connectivity index (χ1v) is 5.66. The van der Waals surface area contributed by atoms with Gasteiger partial charge in [0.25, 0.3) is 0 Å². The van der Waals surface area contributed by atoms with Crippen LogP contribution >= 0.6 is 0 Å². The average molecular weight is 224 g/mol. The van der Waals surface area contributed by atoms with Crippen molar-refractivity contribution in [3.63, 3.8) is 0 Å². The van der Waals surface area contributed by atoms with Gasteiger partial charge in [-0.1, -0.05) is 12.8 Å². The summed E-state index contributed by atoms with van der Waals surface area (Å²) in [7, 11) is 0. The van der Waals surface area contributed by atoms with E-state index in [0.717, 1.165) is 37.5 Å². The molecule has 1 nitrogen and oxygen atoms in total. The van der Waals surface area contributed by atoms with Crippen LogP contribution in [0.25, 0.3) is 0 Å². The molecule has 0 N–H and O–H groups in total.